The number of hydrogen-bond acceptors (Lipinski definition) is 5. The van der Waals surface area contributed by atoms with Crippen molar-refractivity contribution in [1.82, 2.24) is 0 Å². The number of ether oxygens (including phenoxy) is 1. The quantitative estimate of drug-likeness (QED) is 0.897. The fourth-order valence-corrected chi connectivity index (χ4v) is 3.65. The average Bonchev–Trinajstić information content (AvgIpc) is 2.80. The van der Waals surface area contributed by atoms with Crippen LogP contribution in [0.25, 0.3) is 0 Å². The number of carbonyl (C=O) groups is 1. The Kier molecular flexibility index (Phi) is 3.56. The van der Waals surface area contributed by atoms with E-state index in [1.165, 1.54) is 12.1 Å². The molecule has 1 aromatic carbocycles. The Labute approximate surface area is 133 Å². The van der Waals surface area contributed by atoms with Gasteiger partial charge in [0.25, 0.3) is 15.9 Å². The van der Waals surface area contributed by atoms with Gasteiger partial charge in [-0.25, -0.2) is 8.42 Å². The van der Waals surface area contributed by atoms with Gasteiger partial charge in [-0.3, -0.25) is 9.52 Å². The second-order valence-corrected chi connectivity index (χ2v) is 6.99. The molecule has 1 aliphatic rings. The van der Waals surface area contributed by atoms with Gasteiger partial charge in [0.2, 0.25) is 0 Å². The van der Waals surface area contributed by atoms with Crippen molar-refractivity contribution in [2.45, 2.75) is 31.8 Å². The summed E-state index contributed by atoms with van der Waals surface area (Å²) in [5.41, 5.74) is 0.744. The maximum absolute atomic E-state index is 12.4. The number of aryl methyl sites for hydroxylation is 2. The molecule has 2 N–H and O–H groups in total. The molecule has 0 fully saturated rings. The van der Waals surface area contributed by atoms with E-state index in [9.17, 15) is 13.2 Å². The summed E-state index contributed by atoms with van der Waals surface area (Å²) < 4.78 is 38.0. The molecule has 8 heteroatoms. The molecule has 0 aliphatic carbocycles. The summed E-state index contributed by atoms with van der Waals surface area (Å²) in [6.07, 6.45) is -0.582. The first-order valence-corrected chi connectivity index (χ1v) is 8.46. The van der Waals surface area contributed by atoms with E-state index in [1.54, 1.807) is 32.9 Å². The molecule has 0 saturated heterocycles. The van der Waals surface area contributed by atoms with Crippen LogP contribution >= 0.6 is 0 Å². The molecular formula is C15H16N2O5S. The van der Waals surface area contributed by atoms with Crippen molar-refractivity contribution < 1.29 is 22.4 Å². The third-order valence-corrected chi connectivity index (χ3v) is 4.94. The van der Waals surface area contributed by atoms with Crippen molar-refractivity contribution in [3.63, 3.8) is 0 Å². The van der Waals surface area contributed by atoms with Crippen molar-refractivity contribution in [2.24, 2.45) is 0 Å². The van der Waals surface area contributed by atoms with Crippen LogP contribution in [0.2, 0.25) is 0 Å². The third kappa shape index (κ3) is 2.89. The normalized spacial score (nSPS) is 17.2. The Morgan fingerprint density at radius 2 is 1.96 bits per heavy atom. The predicted molar refractivity (Wildman–Crippen MR) is 84.2 cm³/mol. The summed E-state index contributed by atoms with van der Waals surface area (Å²) in [6.45, 7) is 4.90. The van der Waals surface area contributed by atoms with E-state index in [1.807, 2.05) is 0 Å². The first-order valence-electron chi connectivity index (χ1n) is 6.98. The molecular weight excluding hydrogens is 320 g/mol. The van der Waals surface area contributed by atoms with Gasteiger partial charge in [-0.1, -0.05) is 0 Å². The highest BCUT2D eigenvalue weighted by atomic mass is 32.2. The molecule has 122 valence electrons. The van der Waals surface area contributed by atoms with Gasteiger partial charge in [0.1, 0.15) is 22.2 Å². The number of hydrogen-bond donors (Lipinski definition) is 2. The zero-order valence-corrected chi connectivity index (χ0v) is 13.7. The van der Waals surface area contributed by atoms with E-state index in [0.717, 1.165) is 0 Å². The number of benzene rings is 1. The number of nitrogens with one attached hydrogen (secondary N) is 2. The zero-order valence-electron chi connectivity index (χ0n) is 12.8. The van der Waals surface area contributed by atoms with Crippen molar-refractivity contribution in [3.8, 4) is 5.75 Å². The first kappa shape index (κ1) is 15.4. The minimum absolute atomic E-state index is 0.0848. The standard InChI is InChI=1S/C15H16N2O5S/c1-8-6-14(9(2)21-8)23(19,20)17-11-4-5-13-12(7-11)16-15(18)10(3)22-13/h4-7,10,17H,1-3H3,(H,16,18). The van der Waals surface area contributed by atoms with Crippen LogP contribution in [0.1, 0.15) is 18.4 Å². The van der Waals surface area contributed by atoms with E-state index in [4.69, 9.17) is 9.15 Å². The second kappa shape index (κ2) is 5.31. The molecule has 1 aliphatic heterocycles. The van der Waals surface area contributed by atoms with Crippen LogP contribution in [0.5, 0.6) is 5.75 Å². The van der Waals surface area contributed by atoms with Crippen LogP contribution < -0.4 is 14.8 Å². The fourth-order valence-electron chi connectivity index (χ4n) is 2.36. The van der Waals surface area contributed by atoms with E-state index in [0.29, 0.717) is 28.6 Å². The Bertz CT molecular complexity index is 885. The fraction of sp³-hybridized carbons (Fsp3) is 0.267. The van der Waals surface area contributed by atoms with E-state index < -0.39 is 16.1 Å². The highest BCUT2D eigenvalue weighted by Crippen LogP contribution is 2.33. The van der Waals surface area contributed by atoms with Crippen LogP contribution in [-0.2, 0) is 14.8 Å². The third-order valence-electron chi connectivity index (χ3n) is 3.45. The van der Waals surface area contributed by atoms with Crippen LogP contribution in [0.3, 0.4) is 0 Å². The Hall–Kier alpha value is -2.48. The van der Waals surface area contributed by atoms with Gasteiger partial charge in [-0.05, 0) is 39.0 Å². The van der Waals surface area contributed by atoms with E-state index in [2.05, 4.69) is 10.0 Å². The monoisotopic (exact) mass is 336 g/mol. The molecule has 1 atom stereocenters. The summed E-state index contributed by atoms with van der Waals surface area (Å²) in [5, 5.41) is 2.67. The summed E-state index contributed by atoms with van der Waals surface area (Å²) in [5.74, 6) is 1.05. The maximum Gasteiger partial charge on any atom is 0.265 e. The predicted octanol–water partition coefficient (Wildman–Crippen LogP) is 2.42. The molecule has 23 heavy (non-hydrogen) atoms. The second-order valence-electron chi connectivity index (χ2n) is 5.34. The summed E-state index contributed by atoms with van der Waals surface area (Å²) >= 11 is 0. The summed E-state index contributed by atoms with van der Waals surface area (Å²) in [7, 11) is -3.77. The van der Waals surface area contributed by atoms with Crippen molar-refractivity contribution in [1.29, 1.82) is 0 Å². The number of furan rings is 1. The summed E-state index contributed by atoms with van der Waals surface area (Å²) in [6, 6.07) is 6.15. The lowest BCUT2D eigenvalue weighted by Gasteiger charge is -2.23. The van der Waals surface area contributed by atoms with Gasteiger partial charge in [-0.2, -0.15) is 0 Å². The lowest BCUT2D eigenvalue weighted by Crippen LogP contribution is -2.34. The highest BCUT2D eigenvalue weighted by molar-refractivity contribution is 7.92. The van der Waals surface area contributed by atoms with Gasteiger partial charge in [0.15, 0.2) is 6.10 Å². The smallest absolute Gasteiger partial charge is 0.265 e. The number of amides is 1. The van der Waals surface area contributed by atoms with Gasteiger partial charge in [-0.15, -0.1) is 0 Å². The van der Waals surface area contributed by atoms with Crippen LogP contribution in [0.4, 0.5) is 11.4 Å². The largest absolute Gasteiger partial charge is 0.479 e. The molecule has 0 radical (unpaired) electrons. The number of sulfonamides is 1. The summed E-state index contributed by atoms with van der Waals surface area (Å²) in [4.78, 5) is 11.7. The molecule has 1 unspecified atom stereocenters. The van der Waals surface area contributed by atoms with Crippen molar-refractivity contribution >= 4 is 27.3 Å². The lowest BCUT2D eigenvalue weighted by atomic mass is 10.2. The topological polar surface area (TPSA) is 97.6 Å². The number of anilines is 2. The average molecular weight is 336 g/mol. The van der Waals surface area contributed by atoms with Crippen LogP contribution in [-0.4, -0.2) is 20.4 Å². The minimum atomic E-state index is -3.77. The highest BCUT2D eigenvalue weighted by Gasteiger charge is 2.25. The Morgan fingerprint density at radius 3 is 2.61 bits per heavy atom. The zero-order chi connectivity index (χ0) is 16.8. The number of carbonyl (C=O) groups excluding carboxylic acids is 1. The molecule has 2 aromatic rings. The molecule has 0 bridgehead atoms. The van der Waals surface area contributed by atoms with Crippen LogP contribution in [0.15, 0.2) is 33.6 Å². The number of fused-ring (bicyclic) bond motifs is 1. The van der Waals surface area contributed by atoms with Crippen LogP contribution in [0, 0.1) is 13.8 Å². The minimum Gasteiger partial charge on any atom is -0.479 e. The van der Waals surface area contributed by atoms with E-state index in [-0.39, 0.29) is 10.8 Å². The SMILES string of the molecule is Cc1cc(S(=O)(=O)Nc2ccc3c(c2)NC(=O)C(C)O3)c(C)o1. The molecule has 1 amide bonds. The molecule has 1 aromatic heterocycles. The van der Waals surface area contributed by atoms with Gasteiger partial charge in [0.05, 0.1) is 11.4 Å². The molecule has 0 saturated carbocycles. The molecule has 2 heterocycles. The van der Waals surface area contributed by atoms with Crippen molar-refractivity contribution in [3.05, 3.63) is 35.8 Å². The first-order chi connectivity index (χ1) is 10.8. The molecule has 0 spiro atoms. The van der Waals surface area contributed by atoms with Crippen molar-refractivity contribution in [2.75, 3.05) is 10.0 Å². The molecule has 7 nitrogen and oxygen atoms in total. The van der Waals surface area contributed by atoms with E-state index >= 15 is 0 Å². The lowest BCUT2D eigenvalue weighted by molar-refractivity contribution is -0.122. The molecule has 3 rings (SSSR count). The Balaban J connectivity index is 1.91. The maximum atomic E-state index is 12.4. The number of rotatable bonds is 3. The van der Waals surface area contributed by atoms with Gasteiger partial charge in [0, 0.05) is 6.07 Å². The van der Waals surface area contributed by atoms with Gasteiger partial charge >= 0.3 is 0 Å². The van der Waals surface area contributed by atoms with Gasteiger partial charge < -0.3 is 14.5 Å². The Morgan fingerprint density at radius 1 is 1.22 bits per heavy atom.